The minimum Gasteiger partial charge on any atom is -0.494 e. The first-order valence-corrected chi connectivity index (χ1v) is 7.29. The summed E-state index contributed by atoms with van der Waals surface area (Å²) in [5.41, 5.74) is 1.87. The molecule has 2 rings (SSSR count). The zero-order valence-electron chi connectivity index (χ0n) is 12.6. The lowest BCUT2D eigenvalue weighted by Gasteiger charge is -2.14. The molecule has 0 amide bonds. The summed E-state index contributed by atoms with van der Waals surface area (Å²) in [5.74, 6) is -0.173. The molecule has 0 saturated carbocycles. The number of rotatable bonds is 8. The number of benzene rings is 2. The van der Waals surface area contributed by atoms with E-state index in [0.717, 1.165) is 16.9 Å². The number of hydrogen-bond acceptors (Lipinski definition) is 3. The highest BCUT2D eigenvalue weighted by molar-refractivity contribution is 5.72. The fourth-order valence-corrected chi connectivity index (χ4v) is 2.09. The SMILES string of the molecule is CCOc1ccc(CC(OCc2ccccc2)C(=O)O)cc1. The highest BCUT2D eigenvalue weighted by atomic mass is 16.5. The molecule has 0 aromatic heterocycles. The van der Waals surface area contributed by atoms with Crippen LogP contribution in [0.15, 0.2) is 54.6 Å². The van der Waals surface area contributed by atoms with Gasteiger partial charge < -0.3 is 14.6 Å². The Kier molecular flexibility index (Phi) is 5.98. The maximum Gasteiger partial charge on any atom is 0.333 e. The van der Waals surface area contributed by atoms with Crippen LogP contribution in [-0.4, -0.2) is 23.8 Å². The van der Waals surface area contributed by atoms with Crippen molar-refractivity contribution in [3.8, 4) is 5.75 Å². The molecule has 2 aromatic rings. The minimum atomic E-state index is -0.954. The van der Waals surface area contributed by atoms with Crippen molar-refractivity contribution in [3.05, 3.63) is 65.7 Å². The summed E-state index contributed by atoms with van der Waals surface area (Å²) < 4.78 is 10.9. The smallest absolute Gasteiger partial charge is 0.333 e. The van der Waals surface area contributed by atoms with Crippen molar-refractivity contribution in [1.29, 1.82) is 0 Å². The second kappa shape index (κ2) is 8.20. The van der Waals surface area contributed by atoms with Crippen molar-refractivity contribution in [2.45, 2.75) is 26.1 Å². The Labute approximate surface area is 130 Å². The molecule has 116 valence electrons. The van der Waals surface area contributed by atoms with Gasteiger partial charge in [0.05, 0.1) is 13.2 Å². The number of carboxylic acid groups (broad SMARTS) is 1. The van der Waals surface area contributed by atoms with Crippen LogP contribution in [0.5, 0.6) is 5.75 Å². The van der Waals surface area contributed by atoms with Gasteiger partial charge in [-0.3, -0.25) is 0 Å². The molecule has 1 N–H and O–H groups in total. The quantitative estimate of drug-likeness (QED) is 0.812. The van der Waals surface area contributed by atoms with Crippen LogP contribution in [0.2, 0.25) is 0 Å². The first kappa shape index (κ1) is 16.0. The van der Waals surface area contributed by atoms with Gasteiger partial charge in [0.15, 0.2) is 6.10 Å². The van der Waals surface area contributed by atoms with Crippen LogP contribution in [0, 0.1) is 0 Å². The van der Waals surface area contributed by atoms with Gasteiger partial charge in [-0.05, 0) is 30.2 Å². The number of ether oxygens (including phenoxy) is 2. The van der Waals surface area contributed by atoms with Crippen molar-refractivity contribution >= 4 is 5.97 Å². The zero-order valence-corrected chi connectivity index (χ0v) is 12.6. The van der Waals surface area contributed by atoms with Crippen molar-refractivity contribution in [2.24, 2.45) is 0 Å². The van der Waals surface area contributed by atoms with Gasteiger partial charge in [-0.15, -0.1) is 0 Å². The van der Waals surface area contributed by atoms with E-state index in [1.807, 2.05) is 61.5 Å². The highest BCUT2D eigenvalue weighted by Crippen LogP contribution is 2.15. The van der Waals surface area contributed by atoms with Crippen molar-refractivity contribution in [2.75, 3.05) is 6.61 Å². The number of hydrogen-bond donors (Lipinski definition) is 1. The molecule has 0 aliphatic heterocycles. The molecule has 1 unspecified atom stereocenters. The van der Waals surface area contributed by atoms with E-state index >= 15 is 0 Å². The van der Waals surface area contributed by atoms with Crippen LogP contribution in [0.3, 0.4) is 0 Å². The van der Waals surface area contributed by atoms with E-state index in [4.69, 9.17) is 9.47 Å². The number of carbonyl (C=O) groups is 1. The topological polar surface area (TPSA) is 55.8 Å². The Hall–Kier alpha value is -2.33. The Balaban J connectivity index is 1.95. The van der Waals surface area contributed by atoms with Gasteiger partial charge in [0.25, 0.3) is 0 Å². The fourth-order valence-electron chi connectivity index (χ4n) is 2.09. The third kappa shape index (κ3) is 4.90. The summed E-state index contributed by atoms with van der Waals surface area (Å²) in [6, 6.07) is 17.0. The molecule has 2 aromatic carbocycles. The minimum absolute atomic E-state index is 0.287. The first-order valence-electron chi connectivity index (χ1n) is 7.29. The Morgan fingerprint density at radius 3 is 2.32 bits per heavy atom. The van der Waals surface area contributed by atoms with E-state index in [-0.39, 0.29) is 6.61 Å². The van der Waals surface area contributed by atoms with E-state index in [0.29, 0.717) is 13.0 Å². The maximum atomic E-state index is 11.3. The van der Waals surface area contributed by atoms with Gasteiger partial charge in [-0.2, -0.15) is 0 Å². The van der Waals surface area contributed by atoms with Crippen LogP contribution < -0.4 is 4.74 Å². The summed E-state index contributed by atoms with van der Waals surface area (Å²) in [5, 5.41) is 9.30. The second-order valence-corrected chi connectivity index (χ2v) is 4.90. The number of aliphatic carboxylic acids is 1. The lowest BCUT2D eigenvalue weighted by Crippen LogP contribution is -2.26. The first-order chi connectivity index (χ1) is 10.7. The molecule has 0 spiro atoms. The summed E-state index contributed by atoms with van der Waals surface area (Å²) in [7, 11) is 0. The Morgan fingerprint density at radius 2 is 1.73 bits per heavy atom. The average molecular weight is 300 g/mol. The Morgan fingerprint density at radius 1 is 1.05 bits per heavy atom. The summed E-state index contributed by atoms with van der Waals surface area (Å²) in [6.07, 6.45) is -0.535. The second-order valence-electron chi connectivity index (χ2n) is 4.90. The largest absolute Gasteiger partial charge is 0.494 e. The molecular weight excluding hydrogens is 280 g/mol. The third-order valence-corrected chi connectivity index (χ3v) is 3.22. The Bertz CT molecular complexity index is 578. The predicted molar refractivity (Wildman–Crippen MR) is 84.0 cm³/mol. The number of carboxylic acids is 1. The molecule has 22 heavy (non-hydrogen) atoms. The van der Waals surface area contributed by atoms with Crippen LogP contribution in [0.1, 0.15) is 18.1 Å². The highest BCUT2D eigenvalue weighted by Gasteiger charge is 2.18. The van der Waals surface area contributed by atoms with Crippen molar-refractivity contribution < 1.29 is 19.4 Å². The summed E-state index contributed by atoms with van der Waals surface area (Å²) >= 11 is 0. The molecule has 0 aliphatic rings. The zero-order chi connectivity index (χ0) is 15.8. The molecule has 0 bridgehead atoms. The van der Waals surface area contributed by atoms with Crippen LogP contribution in [-0.2, 0) is 22.6 Å². The lowest BCUT2D eigenvalue weighted by molar-refractivity contribution is -0.151. The van der Waals surface area contributed by atoms with Crippen LogP contribution >= 0.6 is 0 Å². The van der Waals surface area contributed by atoms with Gasteiger partial charge in [0, 0.05) is 6.42 Å². The maximum absolute atomic E-state index is 11.3. The van der Waals surface area contributed by atoms with Gasteiger partial charge >= 0.3 is 5.97 Å². The molecule has 0 aliphatic carbocycles. The summed E-state index contributed by atoms with van der Waals surface area (Å²) in [4.78, 5) is 11.3. The van der Waals surface area contributed by atoms with E-state index < -0.39 is 12.1 Å². The van der Waals surface area contributed by atoms with E-state index in [2.05, 4.69) is 0 Å². The van der Waals surface area contributed by atoms with Crippen molar-refractivity contribution in [1.82, 2.24) is 0 Å². The van der Waals surface area contributed by atoms with Gasteiger partial charge in [-0.25, -0.2) is 4.79 Å². The summed E-state index contributed by atoms with van der Waals surface area (Å²) in [6.45, 7) is 2.82. The van der Waals surface area contributed by atoms with E-state index in [1.54, 1.807) is 0 Å². The molecule has 4 heteroatoms. The third-order valence-electron chi connectivity index (χ3n) is 3.22. The van der Waals surface area contributed by atoms with Crippen molar-refractivity contribution in [3.63, 3.8) is 0 Å². The van der Waals surface area contributed by atoms with Gasteiger partial charge in [0.1, 0.15) is 5.75 Å². The molecule has 1 atom stereocenters. The molecule has 0 radical (unpaired) electrons. The van der Waals surface area contributed by atoms with E-state index in [1.165, 1.54) is 0 Å². The van der Waals surface area contributed by atoms with Gasteiger partial charge in [0.2, 0.25) is 0 Å². The van der Waals surface area contributed by atoms with Crippen LogP contribution in [0.4, 0.5) is 0 Å². The normalized spacial score (nSPS) is 11.9. The standard InChI is InChI=1S/C18H20O4/c1-2-21-16-10-8-14(9-11-16)12-17(18(19)20)22-13-15-6-4-3-5-7-15/h3-11,17H,2,12-13H2,1H3,(H,19,20). The van der Waals surface area contributed by atoms with Gasteiger partial charge in [-0.1, -0.05) is 42.5 Å². The molecule has 0 heterocycles. The lowest BCUT2D eigenvalue weighted by atomic mass is 10.1. The molecule has 0 saturated heterocycles. The fraction of sp³-hybridized carbons (Fsp3) is 0.278. The monoisotopic (exact) mass is 300 g/mol. The molecule has 4 nitrogen and oxygen atoms in total. The average Bonchev–Trinajstić information content (AvgIpc) is 2.54. The predicted octanol–water partition coefficient (Wildman–Crippen LogP) is 3.30. The molecule has 0 fully saturated rings. The van der Waals surface area contributed by atoms with E-state index in [9.17, 15) is 9.90 Å². The molecular formula is C18H20O4. The van der Waals surface area contributed by atoms with Crippen LogP contribution in [0.25, 0.3) is 0 Å².